The van der Waals surface area contributed by atoms with Crippen molar-refractivity contribution in [3.05, 3.63) is 70.7 Å². The van der Waals surface area contributed by atoms with Crippen LogP contribution in [0.15, 0.2) is 54.6 Å². The van der Waals surface area contributed by atoms with Gasteiger partial charge in [0.25, 0.3) is 0 Å². The van der Waals surface area contributed by atoms with Crippen LogP contribution >= 0.6 is 11.6 Å². The standard InChI is InChI=1S/C29H35ClN2O5/c1-28(2,3)37-27(35)32-23(15-16-29(32,4)5)24(20-11-13-21(30)14-12-20)25(33)31-22(18-36-26(31)34)17-19-9-7-6-8-10-19/h6-14,22-24H,15-18H2,1-5H3/t22-,23?,24+/m1/s1. The zero-order chi connectivity index (χ0) is 27.0. The fourth-order valence-electron chi connectivity index (χ4n) is 5.33. The van der Waals surface area contributed by atoms with Crippen LogP contribution in [-0.4, -0.2) is 57.7 Å². The number of likely N-dealkylation sites (tertiary alicyclic amines) is 1. The van der Waals surface area contributed by atoms with Crippen LogP contribution in [0.1, 0.15) is 64.5 Å². The van der Waals surface area contributed by atoms with E-state index in [0.717, 1.165) is 5.56 Å². The molecule has 8 heteroatoms. The highest BCUT2D eigenvalue weighted by molar-refractivity contribution is 6.30. The molecule has 0 N–H and O–H groups in total. The Hall–Kier alpha value is -3.06. The van der Waals surface area contributed by atoms with E-state index in [1.165, 1.54) is 4.90 Å². The Labute approximate surface area is 223 Å². The molecule has 2 aliphatic heterocycles. The number of amides is 3. The lowest BCUT2D eigenvalue weighted by Crippen LogP contribution is -2.54. The monoisotopic (exact) mass is 526 g/mol. The first-order valence-corrected chi connectivity index (χ1v) is 13.1. The van der Waals surface area contributed by atoms with E-state index < -0.39 is 41.3 Å². The van der Waals surface area contributed by atoms with E-state index in [0.29, 0.717) is 29.8 Å². The minimum Gasteiger partial charge on any atom is -0.447 e. The van der Waals surface area contributed by atoms with Gasteiger partial charge < -0.3 is 9.47 Å². The fourth-order valence-corrected chi connectivity index (χ4v) is 5.45. The van der Waals surface area contributed by atoms with Crippen molar-refractivity contribution in [3.63, 3.8) is 0 Å². The Kier molecular flexibility index (Phi) is 7.56. The molecule has 7 nitrogen and oxygen atoms in total. The highest BCUT2D eigenvalue weighted by Gasteiger charge is 2.52. The summed E-state index contributed by atoms with van der Waals surface area (Å²) in [6.07, 6.45) is 0.615. The predicted octanol–water partition coefficient (Wildman–Crippen LogP) is 6.19. The number of halogens is 1. The molecule has 0 aromatic heterocycles. The second-order valence-corrected chi connectivity index (χ2v) is 11.9. The largest absolute Gasteiger partial charge is 0.447 e. The molecule has 2 fully saturated rings. The maximum atomic E-state index is 14.3. The SMILES string of the molecule is CC(C)(C)OC(=O)N1C([C@@H](C(=O)N2C(=O)OC[C@H]2Cc2ccccc2)c2ccc(Cl)cc2)CCC1(C)C. The van der Waals surface area contributed by atoms with Crippen LogP contribution in [0.3, 0.4) is 0 Å². The van der Waals surface area contributed by atoms with Gasteiger partial charge in [0.05, 0.1) is 18.0 Å². The van der Waals surface area contributed by atoms with Gasteiger partial charge in [-0.1, -0.05) is 54.1 Å². The summed E-state index contributed by atoms with van der Waals surface area (Å²) in [5.41, 5.74) is 0.458. The van der Waals surface area contributed by atoms with Gasteiger partial charge in [0.15, 0.2) is 0 Å². The lowest BCUT2D eigenvalue weighted by Gasteiger charge is -2.40. The zero-order valence-electron chi connectivity index (χ0n) is 22.1. The number of imide groups is 1. The number of ether oxygens (including phenoxy) is 2. The van der Waals surface area contributed by atoms with E-state index in [9.17, 15) is 14.4 Å². The van der Waals surface area contributed by atoms with Crippen LogP contribution in [0.5, 0.6) is 0 Å². The molecular formula is C29H35ClN2O5. The number of benzene rings is 2. The Morgan fingerprint density at radius 3 is 2.38 bits per heavy atom. The molecule has 1 unspecified atom stereocenters. The maximum Gasteiger partial charge on any atom is 0.417 e. The van der Waals surface area contributed by atoms with Crippen LogP contribution in [0, 0.1) is 0 Å². The van der Waals surface area contributed by atoms with Crippen molar-refractivity contribution in [2.45, 2.75) is 83.0 Å². The number of hydrogen-bond donors (Lipinski definition) is 0. The fraction of sp³-hybridized carbons (Fsp3) is 0.483. The number of rotatable bonds is 5. The van der Waals surface area contributed by atoms with E-state index in [2.05, 4.69) is 0 Å². The first-order valence-electron chi connectivity index (χ1n) is 12.7. The molecule has 4 rings (SSSR count). The van der Waals surface area contributed by atoms with Gasteiger partial charge in [-0.05, 0) is 77.1 Å². The molecule has 37 heavy (non-hydrogen) atoms. The highest BCUT2D eigenvalue weighted by atomic mass is 35.5. The van der Waals surface area contributed by atoms with Gasteiger partial charge in [-0.2, -0.15) is 0 Å². The molecule has 2 aliphatic rings. The van der Waals surface area contributed by atoms with Crippen molar-refractivity contribution < 1.29 is 23.9 Å². The van der Waals surface area contributed by atoms with Crippen LogP contribution in [0.4, 0.5) is 9.59 Å². The van der Waals surface area contributed by atoms with Crippen molar-refractivity contribution in [2.75, 3.05) is 6.61 Å². The van der Waals surface area contributed by atoms with E-state index in [1.54, 1.807) is 29.2 Å². The van der Waals surface area contributed by atoms with Crippen LogP contribution in [0.25, 0.3) is 0 Å². The lowest BCUT2D eigenvalue weighted by molar-refractivity contribution is -0.132. The van der Waals surface area contributed by atoms with E-state index >= 15 is 0 Å². The molecule has 0 radical (unpaired) electrons. The number of cyclic esters (lactones) is 1. The first kappa shape index (κ1) is 27.0. The van der Waals surface area contributed by atoms with Crippen LogP contribution in [0.2, 0.25) is 5.02 Å². The summed E-state index contributed by atoms with van der Waals surface area (Å²) in [7, 11) is 0. The molecule has 3 amide bonds. The molecular weight excluding hydrogens is 492 g/mol. The molecule has 2 aromatic carbocycles. The average molecular weight is 527 g/mol. The molecule has 0 aliphatic carbocycles. The van der Waals surface area contributed by atoms with E-state index in [1.807, 2.05) is 65.0 Å². The van der Waals surface area contributed by atoms with Gasteiger partial charge in [-0.15, -0.1) is 0 Å². The molecule has 2 aromatic rings. The molecule has 2 heterocycles. The van der Waals surface area contributed by atoms with Gasteiger partial charge in [-0.25, -0.2) is 14.5 Å². The zero-order valence-corrected chi connectivity index (χ0v) is 22.8. The van der Waals surface area contributed by atoms with E-state index in [-0.39, 0.29) is 12.5 Å². The van der Waals surface area contributed by atoms with Gasteiger partial charge in [-0.3, -0.25) is 9.69 Å². The summed E-state index contributed by atoms with van der Waals surface area (Å²) in [6, 6.07) is 15.8. The minimum absolute atomic E-state index is 0.124. The van der Waals surface area contributed by atoms with Crippen molar-refractivity contribution in [3.8, 4) is 0 Å². The molecule has 0 bridgehead atoms. The number of nitrogens with zero attached hydrogens (tertiary/aromatic N) is 2. The molecule has 3 atom stereocenters. The third-order valence-electron chi connectivity index (χ3n) is 7.02. The van der Waals surface area contributed by atoms with Gasteiger partial charge >= 0.3 is 12.2 Å². The minimum atomic E-state index is -0.796. The summed E-state index contributed by atoms with van der Waals surface area (Å²) in [6.45, 7) is 9.53. The highest BCUT2D eigenvalue weighted by Crippen LogP contribution is 2.43. The summed E-state index contributed by atoms with van der Waals surface area (Å²) in [5, 5.41) is 0.535. The first-order chi connectivity index (χ1) is 17.4. The van der Waals surface area contributed by atoms with Gasteiger partial charge in [0.1, 0.15) is 12.2 Å². The Bertz CT molecular complexity index is 1140. The summed E-state index contributed by atoms with van der Waals surface area (Å²) in [5.74, 6) is -1.18. The van der Waals surface area contributed by atoms with Crippen molar-refractivity contribution in [1.82, 2.24) is 9.80 Å². The molecule has 198 valence electrons. The Balaban J connectivity index is 1.73. The van der Waals surface area contributed by atoms with E-state index in [4.69, 9.17) is 21.1 Å². The van der Waals surface area contributed by atoms with Crippen molar-refractivity contribution in [2.24, 2.45) is 0 Å². The van der Waals surface area contributed by atoms with Crippen molar-refractivity contribution in [1.29, 1.82) is 0 Å². The van der Waals surface area contributed by atoms with Crippen LogP contribution < -0.4 is 0 Å². The number of carbonyl (C=O) groups excluding carboxylic acids is 3. The molecule has 2 saturated heterocycles. The van der Waals surface area contributed by atoms with Crippen LogP contribution in [-0.2, 0) is 20.7 Å². The molecule has 0 saturated carbocycles. The quantitative estimate of drug-likeness (QED) is 0.464. The number of carbonyl (C=O) groups is 3. The second-order valence-electron chi connectivity index (χ2n) is 11.4. The van der Waals surface area contributed by atoms with Crippen molar-refractivity contribution >= 4 is 29.7 Å². The third kappa shape index (κ3) is 5.93. The van der Waals surface area contributed by atoms with Gasteiger partial charge in [0, 0.05) is 10.6 Å². The summed E-state index contributed by atoms with van der Waals surface area (Å²) < 4.78 is 11.1. The van der Waals surface area contributed by atoms with Gasteiger partial charge in [0.2, 0.25) is 5.91 Å². The second kappa shape index (κ2) is 10.4. The Morgan fingerprint density at radius 1 is 1.11 bits per heavy atom. The normalized spacial score (nSPS) is 22.1. The molecule has 0 spiro atoms. The maximum absolute atomic E-state index is 14.3. The average Bonchev–Trinajstić information content (AvgIpc) is 3.33. The smallest absolute Gasteiger partial charge is 0.417 e. The summed E-state index contributed by atoms with van der Waals surface area (Å²) >= 11 is 6.16. The summed E-state index contributed by atoms with van der Waals surface area (Å²) in [4.78, 5) is 43.6. The lowest BCUT2D eigenvalue weighted by atomic mass is 9.88. The Morgan fingerprint density at radius 2 is 1.76 bits per heavy atom. The predicted molar refractivity (Wildman–Crippen MR) is 141 cm³/mol. The topological polar surface area (TPSA) is 76.2 Å². The number of hydrogen-bond acceptors (Lipinski definition) is 5. The third-order valence-corrected chi connectivity index (χ3v) is 7.27.